The van der Waals surface area contributed by atoms with Gasteiger partial charge in [-0.2, -0.15) is 0 Å². The molecule has 0 atom stereocenters. The fraction of sp³-hybridized carbons (Fsp3) is 0. The smallest absolute Gasteiger partial charge is 0.0972 e. The van der Waals surface area contributed by atoms with E-state index in [2.05, 4.69) is 376 Å². The molecule has 0 spiro atoms. The predicted octanol–water partition coefficient (Wildman–Crippen LogP) is 29.2. The molecule has 25 rings (SSSR count). The van der Waals surface area contributed by atoms with Gasteiger partial charge in [-0.3, -0.25) is 9.97 Å². The van der Waals surface area contributed by atoms with Crippen LogP contribution in [-0.4, -0.2) is 39.9 Å². The van der Waals surface area contributed by atoms with Crippen LogP contribution in [0.15, 0.2) is 401 Å². The summed E-state index contributed by atoms with van der Waals surface area (Å²) in [6, 6.07) is 138. The van der Waals surface area contributed by atoms with Crippen LogP contribution in [0.2, 0.25) is 0 Å². The maximum Gasteiger partial charge on any atom is 0.0972 e. The number of fused-ring (bicyclic) bond motifs is 18. The average Bonchev–Trinajstić information content (AvgIpc) is 0.730. The van der Waals surface area contributed by atoms with Crippen molar-refractivity contribution in [2.24, 2.45) is 0 Å². The number of benzene rings is 17. The molecule has 0 N–H and O–H groups in total. The Hall–Kier alpha value is -16.2. The van der Waals surface area contributed by atoms with Crippen LogP contribution >= 0.6 is 0 Å². The first kappa shape index (κ1) is 68.3. The molecule has 17 aromatic carbocycles. The van der Waals surface area contributed by atoms with Crippen LogP contribution in [0.1, 0.15) is 0 Å². The number of aromatic nitrogens is 8. The third kappa shape index (κ3) is 11.5. The van der Waals surface area contributed by atoms with Crippen LogP contribution in [0.3, 0.4) is 0 Å². The first-order valence-electron chi connectivity index (χ1n) is 40.7. The van der Waals surface area contributed by atoms with Gasteiger partial charge in [-0.15, -0.1) is 0 Å². The average molecular weight is 1520 g/mol. The number of hydrogen-bond donors (Lipinski definition) is 0. The highest BCUT2D eigenvalue weighted by atomic mass is 14.8. The van der Waals surface area contributed by atoms with Crippen molar-refractivity contribution in [3.63, 3.8) is 0 Å². The summed E-state index contributed by atoms with van der Waals surface area (Å²) < 4.78 is 0. The molecule has 0 aliphatic carbocycles. The van der Waals surface area contributed by atoms with E-state index in [0.717, 1.165) is 220 Å². The van der Waals surface area contributed by atoms with Gasteiger partial charge in [-0.25, -0.2) is 29.9 Å². The maximum atomic E-state index is 5.43. The van der Waals surface area contributed by atoms with Gasteiger partial charge in [0.1, 0.15) is 0 Å². The molecule has 0 aliphatic rings. The minimum absolute atomic E-state index is 0.909. The third-order valence-electron chi connectivity index (χ3n) is 24.3. The molecule has 0 bridgehead atoms. The van der Waals surface area contributed by atoms with Crippen molar-refractivity contribution >= 4 is 163 Å². The third-order valence-corrected chi connectivity index (χ3v) is 24.3. The van der Waals surface area contributed by atoms with E-state index in [4.69, 9.17) is 39.9 Å². The first-order valence-corrected chi connectivity index (χ1v) is 40.7. The highest BCUT2D eigenvalue weighted by Gasteiger charge is 2.23. The minimum Gasteiger partial charge on any atom is -0.254 e. The molecule has 0 aliphatic heterocycles. The van der Waals surface area contributed by atoms with E-state index in [1.165, 1.54) is 32.3 Å². The molecule has 8 heteroatoms. The van der Waals surface area contributed by atoms with Gasteiger partial charge >= 0.3 is 0 Å². The molecule has 0 unspecified atom stereocenters. The van der Waals surface area contributed by atoms with Gasteiger partial charge in [0.15, 0.2) is 0 Å². The van der Waals surface area contributed by atoms with Crippen LogP contribution in [0.4, 0.5) is 0 Å². The number of nitrogens with zero attached hydrogens (tertiary/aromatic N) is 8. The monoisotopic (exact) mass is 1520 g/mol. The molecular weight excluding hydrogens is 1460 g/mol. The molecule has 25 aromatic rings. The zero-order chi connectivity index (χ0) is 78.9. The van der Waals surface area contributed by atoms with Gasteiger partial charge in [-0.05, 0) is 195 Å². The lowest BCUT2D eigenvalue weighted by Gasteiger charge is -2.17. The number of hydrogen-bond acceptors (Lipinski definition) is 8. The summed E-state index contributed by atoms with van der Waals surface area (Å²) in [5.41, 5.74) is 24.4. The Balaban J connectivity index is 0.000000137. The lowest BCUT2D eigenvalue weighted by molar-refractivity contribution is 1.38. The lowest BCUT2D eigenvalue weighted by Crippen LogP contribution is -1.95. The lowest BCUT2D eigenvalue weighted by atomic mass is 9.88. The number of pyridine rings is 8. The van der Waals surface area contributed by atoms with Crippen LogP contribution in [0.25, 0.3) is 252 Å². The van der Waals surface area contributed by atoms with Crippen molar-refractivity contribution in [1.29, 1.82) is 0 Å². The van der Waals surface area contributed by atoms with Crippen molar-refractivity contribution in [3.05, 3.63) is 401 Å². The molecule has 0 fully saturated rings. The SMILES string of the molecule is c1ccc2c(c1)cc(-c1ccc3cc(-c4ccc5ccc(-c6c7ccccc7c(-c7ccc8ccc9cccnc9c8n7)c7ccccc67)nc5c4)ccc3n1)c1ccccc12.c1ccc2cc(-c3ccc4cc(-c5ccc6ccc(-c7c8ccccc8c(-c8ccc9ccc%10cccnc%10c9n8)c8ccccc78)nc6c5)ccc4n3)ccc2c1. The summed E-state index contributed by atoms with van der Waals surface area (Å²) in [7, 11) is 0. The number of rotatable bonds is 8. The topological polar surface area (TPSA) is 103 Å². The quantitative estimate of drug-likeness (QED) is 0.109. The molecular formula is C112H66N8. The first-order chi connectivity index (χ1) is 59.4. The van der Waals surface area contributed by atoms with Crippen molar-refractivity contribution in [1.82, 2.24) is 39.9 Å². The van der Waals surface area contributed by atoms with Gasteiger partial charge < -0.3 is 0 Å². The Bertz CT molecular complexity index is 8540. The van der Waals surface area contributed by atoms with Gasteiger partial charge in [-0.1, -0.05) is 291 Å². The molecule has 120 heavy (non-hydrogen) atoms. The second kappa shape index (κ2) is 27.8. The molecule has 0 saturated heterocycles. The standard InChI is InChI=1S/C58H34N4.C54H32N4/c1-2-12-42-40(10-1)33-49(44-14-4-3-13-43(42)44)51-28-26-41-32-38(25-27-50(41)60-51)39-22-19-35-23-29-52(61-54(35)34-39)55-45-15-5-7-17-47(45)56(48-18-8-6-16-46(48)55)53-30-24-37-21-20-36-11-9-31-59-57(36)58(37)62-53;1-2-9-37-30-40(20-15-33(37)8-1)47-26-24-41-31-38(23-25-46(41)56-47)39-19-16-34-21-27-48(57-50(34)32-39)51-42-11-3-5-13-44(42)52(45-14-6-4-12-43(45)51)49-28-22-36-18-17-35-10-7-29-55-53(35)54(36)58-49/h1-34H;1-32H. The van der Waals surface area contributed by atoms with E-state index >= 15 is 0 Å². The molecule has 8 heterocycles. The van der Waals surface area contributed by atoms with E-state index < -0.39 is 0 Å². The van der Waals surface area contributed by atoms with Crippen molar-refractivity contribution < 1.29 is 0 Å². The van der Waals surface area contributed by atoms with E-state index in [9.17, 15) is 0 Å². The van der Waals surface area contributed by atoms with Gasteiger partial charge in [0.25, 0.3) is 0 Å². The Kier molecular flexibility index (Phi) is 15.8. The fourth-order valence-corrected chi connectivity index (χ4v) is 18.5. The molecule has 8 aromatic heterocycles. The normalized spacial score (nSPS) is 11.8. The van der Waals surface area contributed by atoms with Gasteiger partial charge in [0.2, 0.25) is 0 Å². The predicted molar refractivity (Wildman–Crippen MR) is 501 cm³/mol. The Morgan fingerprint density at radius 2 is 0.442 bits per heavy atom. The van der Waals surface area contributed by atoms with Crippen molar-refractivity contribution in [2.45, 2.75) is 0 Å². The van der Waals surface area contributed by atoms with Crippen molar-refractivity contribution in [2.75, 3.05) is 0 Å². The second-order valence-corrected chi connectivity index (χ2v) is 31.2. The summed E-state index contributed by atoms with van der Waals surface area (Å²) in [5.74, 6) is 0. The Morgan fingerprint density at radius 1 is 0.142 bits per heavy atom. The molecule has 8 nitrogen and oxygen atoms in total. The van der Waals surface area contributed by atoms with E-state index in [0.29, 0.717) is 0 Å². The van der Waals surface area contributed by atoms with E-state index in [1.807, 2.05) is 24.5 Å². The maximum absolute atomic E-state index is 5.43. The second-order valence-electron chi connectivity index (χ2n) is 31.2. The Labute approximate surface area is 688 Å². The highest BCUT2D eigenvalue weighted by molar-refractivity contribution is 6.24. The largest absolute Gasteiger partial charge is 0.254 e. The molecule has 554 valence electrons. The molecule has 0 saturated carbocycles. The molecule has 0 radical (unpaired) electrons. The van der Waals surface area contributed by atoms with Crippen LogP contribution in [-0.2, 0) is 0 Å². The highest BCUT2D eigenvalue weighted by Crippen LogP contribution is 2.47. The summed E-state index contributed by atoms with van der Waals surface area (Å²) in [5, 5.41) is 25.2. The summed E-state index contributed by atoms with van der Waals surface area (Å²) >= 11 is 0. The Morgan fingerprint density at radius 3 is 0.925 bits per heavy atom. The van der Waals surface area contributed by atoms with Gasteiger partial charge in [0.05, 0.1) is 78.3 Å². The summed E-state index contributed by atoms with van der Waals surface area (Å²) in [4.78, 5) is 41.2. The van der Waals surface area contributed by atoms with Crippen LogP contribution in [0.5, 0.6) is 0 Å². The molecule has 0 amide bonds. The van der Waals surface area contributed by atoms with Crippen molar-refractivity contribution in [3.8, 4) is 89.8 Å². The zero-order valence-corrected chi connectivity index (χ0v) is 64.7. The van der Waals surface area contributed by atoms with Crippen LogP contribution in [0, 0.1) is 0 Å². The van der Waals surface area contributed by atoms with Gasteiger partial charge in [0, 0.05) is 88.9 Å². The summed E-state index contributed by atoms with van der Waals surface area (Å²) in [6.07, 6.45) is 3.69. The van der Waals surface area contributed by atoms with Crippen LogP contribution < -0.4 is 0 Å². The van der Waals surface area contributed by atoms with E-state index in [-0.39, 0.29) is 0 Å². The minimum atomic E-state index is 0.909. The summed E-state index contributed by atoms with van der Waals surface area (Å²) in [6.45, 7) is 0. The fourth-order valence-electron chi connectivity index (χ4n) is 18.5. The van der Waals surface area contributed by atoms with E-state index in [1.54, 1.807) is 0 Å². The zero-order valence-electron chi connectivity index (χ0n) is 64.7.